The molecule has 2 N–H and O–H groups in total. The molecule has 19 heavy (non-hydrogen) atoms. The zero-order chi connectivity index (χ0) is 13.6. The molecule has 0 amide bonds. The summed E-state index contributed by atoms with van der Waals surface area (Å²) >= 11 is 1.20. The van der Waals surface area contributed by atoms with Gasteiger partial charge < -0.3 is 10.3 Å². The van der Waals surface area contributed by atoms with E-state index in [0.29, 0.717) is 15.3 Å². The number of fused-ring (bicyclic) bond motifs is 1. The van der Waals surface area contributed by atoms with Gasteiger partial charge in [0.2, 0.25) is 0 Å². The number of nitrogens with two attached hydrogens (primary N) is 1. The molecule has 0 saturated heterocycles. The van der Waals surface area contributed by atoms with Gasteiger partial charge in [-0.3, -0.25) is 0 Å². The Morgan fingerprint density at radius 1 is 1.16 bits per heavy atom. The maximum atomic E-state index is 12.6. The van der Waals surface area contributed by atoms with Crippen molar-refractivity contribution in [2.24, 2.45) is 0 Å². The molecule has 7 heteroatoms. The second-order valence-electron chi connectivity index (χ2n) is 3.98. The van der Waals surface area contributed by atoms with E-state index in [2.05, 4.69) is 5.16 Å². The van der Waals surface area contributed by atoms with E-state index in [1.165, 1.54) is 23.5 Å². The van der Waals surface area contributed by atoms with Crippen LogP contribution in [-0.2, 0) is 6.18 Å². The van der Waals surface area contributed by atoms with Gasteiger partial charge in [-0.1, -0.05) is 11.2 Å². The third-order valence-corrected chi connectivity index (χ3v) is 3.73. The summed E-state index contributed by atoms with van der Waals surface area (Å²) in [7, 11) is 0. The summed E-state index contributed by atoms with van der Waals surface area (Å²) in [4.78, 5) is 0.693. The number of nitrogen functional groups attached to an aromatic ring is 1. The van der Waals surface area contributed by atoms with Crippen molar-refractivity contribution in [3.05, 3.63) is 35.9 Å². The van der Waals surface area contributed by atoms with Crippen LogP contribution in [0.1, 0.15) is 5.56 Å². The second-order valence-corrected chi connectivity index (χ2v) is 5.06. The molecule has 2 heterocycles. The van der Waals surface area contributed by atoms with Crippen LogP contribution in [0.15, 0.2) is 34.9 Å². The number of aromatic nitrogens is 1. The lowest BCUT2D eigenvalue weighted by molar-refractivity contribution is -0.137. The first-order valence-electron chi connectivity index (χ1n) is 5.27. The zero-order valence-corrected chi connectivity index (χ0v) is 10.2. The van der Waals surface area contributed by atoms with E-state index < -0.39 is 11.7 Å². The number of hydrogen-bond acceptors (Lipinski definition) is 4. The van der Waals surface area contributed by atoms with Crippen LogP contribution in [0.25, 0.3) is 20.7 Å². The van der Waals surface area contributed by atoms with Gasteiger partial charge in [0.1, 0.15) is 0 Å². The molecule has 0 spiro atoms. The summed E-state index contributed by atoms with van der Waals surface area (Å²) in [6.07, 6.45) is -4.34. The van der Waals surface area contributed by atoms with Gasteiger partial charge in [-0.25, -0.2) is 0 Å². The number of benzene rings is 1. The monoisotopic (exact) mass is 284 g/mol. The van der Waals surface area contributed by atoms with E-state index in [4.69, 9.17) is 10.3 Å². The van der Waals surface area contributed by atoms with Crippen LogP contribution in [0.5, 0.6) is 0 Å². The molecule has 0 bridgehead atoms. The molecule has 1 aromatic carbocycles. The lowest BCUT2D eigenvalue weighted by Crippen LogP contribution is -2.03. The number of rotatable bonds is 1. The third-order valence-electron chi connectivity index (χ3n) is 2.62. The Kier molecular flexibility index (Phi) is 2.53. The standard InChI is InChI=1S/C12H7F3N2OS/c13-12(14,15)7-2-1-6-3-10(19-9(6)4-7)8-5-11(16)17-18-8/h1-5H,(H2,16,17). The lowest BCUT2D eigenvalue weighted by Gasteiger charge is -2.05. The van der Waals surface area contributed by atoms with Crippen molar-refractivity contribution in [1.82, 2.24) is 5.16 Å². The van der Waals surface area contributed by atoms with Crippen LogP contribution in [0.2, 0.25) is 0 Å². The Bertz CT molecular complexity index is 745. The Labute approximate surface area is 109 Å². The molecule has 3 aromatic rings. The minimum absolute atomic E-state index is 0.239. The Morgan fingerprint density at radius 2 is 1.95 bits per heavy atom. The molecule has 98 valence electrons. The van der Waals surface area contributed by atoms with E-state index in [0.717, 1.165) is 17.5 Å². The van der Waals surface area contributed by atoms with Crippen LogP contribution in [-0.4, -0.2) is 5.16 Å². The normalized spacial score (nSPS) is 12.2. The molecule has 0 atom stereocenters. The fourth-order valence-corrected chi connectivity index (χ4v) is 2.78. The molecule has 0 saturated carbocycles. The lowest BCUT2D eigenvalue weighted by atomic mass is 10.1. The molecule has 0 aliphatic heterocycles. The summed E-state index contributed by atoms with van der Waals surface area (Å²) in [6, 6.07) is 6.92. The summed E-state index contributed by atoms with van der Waals surface area (Å²) in [5.41, 5.74) is 4.78. The highest BCUT2D eigenvalue weighted by Gasteiger charge is 2.30. The fourth-order valence-electron chi connectivity index (χ4n) is 1.73. The van der Waals surface area contributed by atoms with Crippen molar-refractivity contribution >= 4 is 27.2 Å². The Balaban J connectivity index is 2.11. The van der Waals surface area contributed by atoms with Gasteiger partial charge in [0.25, 0.3) is 0 Å². The molecule has 3 rings (SSSR count). The largest absolute Gasteiger partial charge is 0.416 e. The first-order valence-corrected chi connectivity index (χ1v) is 6.08. The second kappa shape index (κ2) is 3.99. The van der Waals surface area contributed by atoms with Crippen molar-refractivity contribution in [2.45, 2.75) is 6.18 Å². The molecular formula is C12H7F3N2OS. The van der Waals surface area contributed by atoms with E-state index >= 15 is 0 Å². The minimum Gasteiger partial charge on any atom is -0.381 e. The molecule has 3 nitrogen and oxygen atoms in total. The van der Waals surface area contributed by atoms with Crippen LogP contribution in [0, 0.1) is 0 Å². The highest BCUT2D eigenvalue weighted by Crippen LogP contribution is 2.37. The number of thiophene rings is 1. The van der Waals surface area contributed by atoms with Crippen molar-refractivity contribution in [3.63, 3.8) is 0 Å². The van der Waals surface area contributed by atoms with E-state index in [9.17, 15) is 13.2 Å². The number of anilines is 1. The molecule has 0 aliphatic rings. The van der Waals surface area contributed by atoms with Gasteiger partial charge in [0, 0.05) is 10.8 Å². The predicted octanol–water partition coefficient (Wildman–Crippen LogP) is 4.16. The Hall–Kier alpha value is -2.02. The van der Waals surface area contributed by atoms with Crippen molar-refractivity contribution in [3.8, 4) is 10.6 Å². The Morgan fingerprint density at radius 3 is 2.58 bits per heavy atom. The van der Waals surface area contributed by atoms with Crippen molar-refractivity contribution < 1.29 is 17.7 Å². The van der Waals surface area contributed by atoms with E-state index in [1.807, 2.05) is 0 Å². The third kappa shape index (κ3) is 2.17. The molecule has 2 aromatic heterocycles. The topological polar surface area (TPSA) is 52.0 Å². The van der Waals surface area contributed by atoms with Crippen LogP contribution >= 0.6 is 11.3 Å². The summed E-state index contributed by atoms with van der Waals surface area (Å²) < 4.78 is 43.4. The van der Waals surface area contributed by atoms with E-state index in [1.54, 1.807) is 6.07 Å². The molecular weight excluding hydrogens is 277 g/mol. The van der Waals surface area contributed by atoms with Gasteiger partial charge in [0.15, 0.2) is 11.6 Å². The molecule has 0 aliphatic carbocycles. The summed E-state index contributed by atoms with van der Waals surface area (Å²) in [5, 5.41) is 4.27. The van der Waals surface area contributed by atoms with Crippen LogP contribution in [0.3, 0.4) is 0 Å². The van der Waals surface area contributed by atoms with Crippen molar-refractivity contribution in [2.75, 3.05) is 5.73 Å². The van der Waals surface area contributed by atoms with Gasteiger partial charge in [0.05, 0.1) is 10.4 Å². The first kappa shape index (κ1) is 12.0. The quantitative estimate of drug-likeness (QED) is 0.730. The summed E-state index contributed by atoms with van der Waals surface area (Å²) in [5.74, 6) is 0.690. The molecule has 0 unspecified atom stereocenters. The van der Waals surface area contributed by atoms with Gasteiger partial charge in [-0.15, -0.1) is 11.3 Å². The molecule has 0 fully saturated rings. The minimum atomic E-state index is -4.34. The molecule has 0 radical (unpaired) electrons. The number of alkyl halides is 3. The maximum Gasteiger partial charge on any atom is 0.416 e. The number of nitrogens with zero attached hydrogens (tertiary/aromatic N) is 1. The predicted molar refractivity (Wildman–Crippen MR) is 66.7 cm³/mol. The fraction of sp³-hybridized carbons (Fsp3) is 0.0833. The summed E-state index contributed by atoms with van der Waals surface area (Å²) in [6.45, 7) is 0. The van der Waals surface area contributed by atoms with Gasteiger partial charge in [-0.05, 0) is 23.6 Å². The zero-order valence-electron chi connectivity index (χ0n) is 9.36. The SMILES string of the molecule is Nc1cc(-c2cc3ccc(C(F)(F)F)cc3s2)on1. The first-order chi connectivity index (χ1) is 8.93. The van der Waals surface area contributed by atoms with E-state index in [-0.39, 0.29) is 5.82 Å². The van der Waals surface area contributed by atoms with Crippen LogP contribution < -0.4 is 5.73 Å². The van der Waals surface area contributed by atoms with Gasteiger partial charge in [-0.2, -0.15) is 13.2 Å². The maximum absolute atomic E-state index is 12.6. The van der Waals surface area contributed by atoms with Crippen molar-refractivity contribution in [1.29, 1.82) is 0 Å². The smallest absolute Gasteiger partial charge is 0.381 e. The average molecular weight is 284 g/mol. The van der Waals surface area contributed by atoms with Crippen LogP contribution in [0.4, 0.5) is 19.0 Å². The number of halogens is 3. The highest BCUT2D eigenvalue weighted by molar-refractivity contribution is 7.22. The van der Waals surface area contributed by atoms with Gasteiger partial charge >= 0.3 is 6.18 Å². The highest BCUT2D eigenvalue weighted by atomic mass is 32.1. The average Bonchev–Trinajstić information content (AvgIpc) is 2.92. The number of hydrogen-bond donors (Lipinski definition) is 1.